The zero-order chi connectivity index (χ0) is 14.5. The van der Waals surface area contributed by atoms with Gasteiger partial charge in [0.05, 0.1) is 11.4 Å². The molecular weight excluding hydrogens is 256 g/mol. The molecule has 0 saturated heterocycles. The van der Waals surface area contributed by atoms with Crippen molar-refractivity contribution in [3.8, 4) is 0 Å². The van der Waals surface area contributed by atoms with Gasteiger partial charge in [-0.2, -0.15) is 0 Å². The molecule has 1 aliphatic rings. The number of nitrogens with one attached hydrogen (secondary N) is 1. The van der Waals surface area contributed by atoms with Gasteiger partial charge in [0.15, 0.2) is 0 Å². The van der Waals surface area contributed by atoms with Gasteiger partial charge in [-0.05, 0) is 49.4 Å². The van der Waals surface area contributed by atoms with Crippen LogP contribution in [0, 0.1) is 5.92 Å². The fourth-order valence-electron chi connectivity index (χ4n) is 2.64. The summed E-state index contributed by atoms with van der Waals surface area (Å²) in [4.78, 5) is 0. The predicted octanol–water partition coefficient (Wildman–Crippen LogP) is 5.03. The van der Waals surface area contributed by atoms with Crippen LogP contribution in [0.15, 0.2) is 72.4 Å². The van der Waals surface area contributed by atoms with E-state index < -0.39 is 0 Å². The zero-order valence-corrected chi connectivity index (χ0v) is 12.5. The summed E-state index contributed by atoms with van der Waals surface area (Å²) in [5.41, 5.74) is 7.24. The molecule has 2 nitrogen and oxygen atoms in total. The van der Waals surface area contributed by atoms with E-state index in [1.165, 1.54) is 18.5 Å². The summed E-state index contributed by atoms with van der Waals surface area (Å²) in [6, 6.07) is 20.9. The van der Waals surface area contributed by atoms with Gasteiger partial charge in [-0.1, -0.05) is 49.4 Å². The molecule has 0 spiro atoms. The molecule has 0 aromatic heterocycles. The molecule has 0 bridgehead atoms. The van der Waals surface area contributed by atoms with Crippen LogP contribution < -0.4 is 10.4 Å². The van der Waals surface area contributed by atoms with Gasteiger partial charge in [-0.15, -0.1) is 0 Å². The first kappa shape index (κ1) is 13.7. The summed E-state index contributed by atoms with van der Waals surface area (Å²) in [5, 5.41) is 2.17. The van der Waals surface area contributed by atoms with Crippen molar-refractivity contribution in [1.82, 2.24) is 5.43 Å². The number of allylic oxidation sites excluding steroid dienone is 2. The summed E-state index contributed by atoms with van der Waals surface area (Å²) in [5.74, 6) is 0.803. The molecule has 0 radical (unpaired) electrons. The number of hydrogen-bond acceptors (Lipinski definition) is 2. The highest BCUT2D eigenvalue weighted by molar-refractivity contribution is 5.62. The number of para-hydroxylation sites is 2. The molecule has 0 amide bonds. The van der Waals surface area contributed by atoms with Crippen LogP contribution in [0.3, 0.4) is 0 Å². The number of hydrogen-bond donors (Lipinski definition) is 1. The topological polar surface area (TPSA) is 15.3 Å². The van der Waals surface area contributed by atoms with Gasteiger partial charge in [-0.3, -0.25) is 10.4 Å². The fourth-order valence-corrected chi connectivity index (χ4v) is 2.64. The van der Waals surface area contributed by atoms with Crippen LogP contribution >= 0.6 is 0 Å². The largest absolute Gasteiger partial charge is 0.298 e. The second-order valence-corrected chi connectivity index (χ2v) is 5.73. The quantitative estimate of drug-likeness (QED) is 0.789. The molecule has 2 heteroatoms. The lowest BCUT2D eigenvalue weighted by Gasteiger charge is -2.30. The van der Waals surface area contributed by atoms with Crippen molar-refractivity contribution in [2.24, 2.45) is 5.92 Å². The predicted molar refractivity (Wildman–Crippen MR) is 89.3 cm³/mol. The molecule has 1 atom stereocenters. The molecule has 2 aromatic rings. The third-order valence-corrected chi connectivity index (χ3v) is 3.96. The van der Waals surface area contributed by atoms with E-state index in [0.29, 0.717) is 0 Å². The Kier molecular flexibility index (Phi) is 4.25. The van der Waals surface area contributed by atoms with Crippen LogP contribution in [0.2, 0.25) is 0 Å². The molecular formula is C19H22N2. The summed E-state index contributed by atoms with van der Waals surface area (Å²) < 4.78 is 0. The highest BCUT2D eigenvalue weighted by Gasteiger charge is 2.14. The lowest BCUT2D eigenvalue weighted by Crippen LogP contribution is -2.34. The van der Waals surface area contributed by atoms with Crippen molar-refractivity contribution in [2.45, 2.75) is 26.2 Å². The summed E-state index contributed by atoms with van der Waals surface area (Å²) in [6.45, 7) is 2.32. The van der Waals surface area contributed by atoms with Crippen LogP contribution in [0.25, 0.3) is 0 Å². The Morgan fingerprint density at radius 3 is 1.95 bits per heavy atom. The van der Waals surface area contributed by atoms with Crippen LogP contribution in [0.5, 0.6) is 0 Å². The Hall–Kier alpha value is -2.22. The highest BCUT2D eigenvalue weighted by atomic mass is 15.5. The Balaban J connectivity index is 1.87. The molecule has 1 N–H and O–H groups in total. The Labute approximate surface area is 127 Å². The van der Waals surface area contributed by atoms with Crippen LogP contribution in [0.1, 0.15) is 26.2 Å². The second kappa shape index (κ2) is 6.49. The molecule has 0 fully saturated rings. The van der Waals surface area contributed by atoms with Crippen molar-refractivity contribution in [1.29, 1.82) is 0 Å². The van der Waals surface area contributed by atoms with E-state index in [-0.39, 0.29) is 0 Å². The number of hydrazine groups is 1. The maximum atomic E-state index is 3.60. The minimum Gasteiger partial charge on any atom is -0.298 e. The summed E-state index contributed by atoms with van der Waals surface area (Å²) in [6.07, 6.45) is 5.89. The van der Waals surface area contributed by atoms with Gasteiger partial charge in [0.1, 0.15) is 0 Å². The smallest absolute Gasteiger partial charge is 0.0630 e. The van der Waals surface area contributed by atoms with E-state index in [4.69, 9.17) is 0 Å². The standard InChI is InChI=1S/C19H22N2/c1-16-12-14-17(15-13-16)20-21(18-8-4-2-5-9-18)19-10-6-3-7-11-19/h2-11,14,16,20H,12-13,15H2,1H3/t16-/m1/s1. The van der Waals surface area contributed by atoms with Gasteiger partial charge in [0.2, 0.25) is 0 Å². The lowest BCUT2D eigenvalue weighted by atomic mass is 9.94. The molecule has 0 aliphatic heterocycles. The molecule has 2 aromatic carbocycles. The SMILES string of the molecule is C[C@@H]1CC=C(NN(c2ccccc2)c2ccccc2)CC1. The van der Waals surface area contributed by atoms with Crippen molar-refractivity contribution in [3.63, 3.8) is 0 Å². The lowest BCUT2D eigenvalue weighted by molar-refractivity contribution is 0.497. The minimum atomic E-state index is 0.803. The van der Waals surface area contributed by atoms with E-state index in [9.17, 15) is 0 Å². The van der Waals surface area contributed by atoms with E-state index in [0.717, 1.165) is 23.7 Å². The average Bonchev–Trinajstić information content (AvgIpc) is 2.56. The van der Waals surface area contributed by atoms with Crippen molar-refractivity contribution in [2.75, 3.05) is 5.01 Å². The van der Waals surface area contributed by atoms with Crippen LogP contribution in [0.4, 0.5) is 11.4 Å². The molecule has 0 saturated carbocycles. The second-order valence-electron chi connectivity index (χ2n) is 5.73. The average molecular weight is 278 g/mol. The number of nitrogens with zero attached hydrogens (tertiary/aromatic N) is 1. The Bertz CT molecular complexity index is 550. The molecule has 1 aliphatic carbocycles. The van der Waals surface area contributed by atoms with E-state index in [2.05, 4.69) is 72.0 Å². The highest BCUT2D eigenvalue weighted by Crippen LogP contribution is 2.26. The van der Waals surface area contributed by atoms with E-state index in [1.54, 1.807) is 0 Å². The normalized spacial score (nSPS) is 18.0. The molecule has 3 rings (SSSR count). The van der Waals surface area contributed by atoms with Gasteiger partial charge in [-0.25, -0.2) is 0 Å². The van der Waals surface area contributed by atoms with Crippen molar-refractivity contribution < 1.29 is 0 Å². The Morgan fingerprint density at radius 1 is 0.905 bits per heavy atom. The first-order valence-electron chi connectivity index (χ1n) is 7.69. The monoisotopic (exact) mass is 278 g/mol. The van der Waals surface area contributed by atoms with Gasteiger partial charge < -0.3 is 0 Å². The summed E-state index contributed by atoms with van der Waals surface area (Å²) >= 11 is 0. The van der Waals surface area contributed by atoms with Gasteiger partial charge in [0.25, 0.3) is 0 Å². The molecule has 21 heavy (non-hydrogen) atoms. The number of rotatable bonds is 4. The van der Waals surface area contributed by atoms with Crippen LogP contribution in [-0.4, -0.2) is 0 Å². The van der Waals surface area contributed by atoms with E-state index in [1.807, 2.05) is 12.1 Å². The molecule has 0 heterocycles. The Morgan fingerprint density at radius 2 is 1.48 bits per heavy atom. The van der Waals surface area contributed by atoms with Crippen molar-refractivity contribution in [3.05, 3.63) is 72.4 Å². The van der Waals surface area contributed by atoms with Crippen molar-refractivity contribution >= 4 is 11.4 Å². The molecule has 0 unspecified atom stereocenters. The maximum Gasteiger partial charge on any atom is 0.0630 e. The first-order valence-corrected chi connectivity index (χ1v) is 7.69. The third-order valence-electron chi connectivity index (χ3n) is 3.96. The van der Waals surface area contributed by atoms with Gasteiger partial charge >= 0.3 is 0 Å². The summed E-state index contributed by atoms with van der Waals surface area (Å²) in [7, 11) is 0. The minimum absolute atomic E-state index is 0.803. The first-order chi connectivity index (χ1) is 10.3. The van der Waals surface area contributed by atoms with Gasteiger partial charge in [0, 0.05) is 5.70 Å². The van der Waals surface area contributed by atoms with E-state index >= 15 is 0 Å². The maximum absolute atomic E-state index is 3.60. The molecule has 108 valence electrons. The van der Waals surface area contributed by atoms with Crippen LogP contribution in [-0.2, 0) is 0 Å². The fraction of sp³-hybridized carbons (Fsp3) is 0.263. The number of anilines is 2. The third kappa shape index (κ3) is 3.46. The zero-order valence-electron chi connectivity index (χ0n) is 12.5. The number of benzene rings is 2.